The van der Waals surface area contributed by atoms with Gasteiger partial charge in [-0.2, -0.15) is 4.98 Å². The third-order valence-corrected chi connectivity index (χ3v) is 7.90. The van der Waals surface area contributed by atoms with Gasteiger partial charge in [0.05, 0.1) is 25.5 Å². The Balaban J connectivity index is 1.13. The normalized spacial score (nSPS) is 21.4. The minimum absolute atomic E-state index is 0.0329. The lowest BCUT2D eigenvalue weighted by Gasteiger charge is -2.45. The fraction of sp³-hybridized carbons (Fsp3) is 0.448. The van der Waals surface area contributed by atoms with E-state index in [1.165, 1.54) is 0 Å². The third kappa shape index (κ3) is 5.39. The van der Waals surface area contributed by atoms with Crippen molar-refractivity contribution in [2.45, 2.75) is 38.2 Å². The second kappa shape index (κ2) is 11.3. The Kier molecular flexibility index (Phi) is 7.40. The van der Waals surface area contributed by atoms with E-state index in [-0.39, 0.29) is 17.6 Å². The van der Waals surface area contributed by atoms with Crippen molar-refractivity contribution in [1.82, 2.24) is 29.7 Å². The number of carbonyl (C=O) groups excluding carboxylic acids is 2. The lowest BCUT2D eigenvalue weighted by Crippen LogP contribution is -2.56. The van der Waals surface area contributed by atoms with Gasteiger partial charge in [-0.05, 0) is 74.6 Å². The summed E-state index contributed by atoms with van der Waals surface area (Å²) in [5.41, 5.74) is 4.09. The summed E-state index contributed by atoms with van der Waals surface area (Å²) >= 11 is 0. The summed E-state index contributed by atoms with van der Waals surface area (Å²) in [6.45, 7) is 6.14. The highest BCUT2D eigenvalue weighted by Crippen LogP contribution is 2.31. The summed E-state index contributed by atoms with van der Waals surface area (Å²) in [5, 5.41) is 11.1. The molecule has 2 fully saturated rings. The molecule has 40 heavy (non-hydrogen) atoms. The molecule has 0 saturated carbocycles. The van der Waals surface area contributed by atoms with Crippen LogP contribution in [0.15, 0.2) is 48.7 Å². The van der Waals surface area contributed by atoms with Gasteiger partial charge in [0, 0.05) is 49.2 Å². The van der Waals surface area contributed by atoms with Crippen LogP contribution in [0.2, 0.25) is 0 Å². The summed E-state index contributed by atoms with van der Waals surface area (Å²) in [6, 6.07) is 11.4. The molecule has 1 unspecified atom stereocenters. The van der Waals surface area contributed by atoms with Gasteiger partial charge in [-0.25, -0.2) is 9.31 Å². The summed E-state index contributed by atoms with van der Waals surface area (Å²) < 4.78 is 12.9. The predicted molar refractivity (Wildman–Crippen MR) is 150 cm³/mol. The van der Waals surface area contributed by atoms with Gasteiger partial charge < -0.3 is 24.6 Å². The van der Waals surface area contributed by atoms with Crippen LogP contribution in [0, 0.1) is 0 Å². The highest BCUT2D eigenvalue weighted by atomic mass is 16.6. The number of carbonyl (C=O) groups is 2. The van der Waals surface area contributed by atoms with Crippen molar-refractivity contribution in [1.29, 1.82) is 0 Å². The van der Waals surface area contributed by atoms with Crippen LogP contribution in [-0.4, -0.2) is 88.1 Å². The topological polar surface area (TPSA) is 113 Å². The number of pyridine rings is 1. The number of nitrogens with one attached hydrogen (secondary N) is 2. The highest BCUT2D eigenvalue weighted by molar-refractivity contribution is 5.94. The van der Waals surface area contributed by atoms with Gasteiger partial charge in [-0.15, -0.1) is 5.10 Å². The minimum Gasteiger partial charge on any atom is -0.450 e. The Bertz CT molecular complexity index is 1410. The maximum absolute atomic E-state index is 13.3. The molecule has 11 heteroatoms. The van der Waals surface area contributed by atoms with E-state index < -0.39 is 0 Å². The lowest BCUT2D eigenvalue weighted by atomic mass is 9.88. The van der Waals surface area contributed by atoms with E-state index in [2.05, 4.69) is 21.8 Å². The fourth-order valence-electron chi connectivity index (χ4n) is 5.77. The number of likely N-dealkylation sites (tertiary alicyclic amines) is 1. The van der Waals surface area contributed by atoms with Crippen LogP contribution in [0.3, 0.4) is 0 Å². The molecule has 2 aromatic heterocycles. The molecule has 11 nitrogen and oxygen atoms in total. The van der Waals surface area contributed by atoms with Gasteiger partial charge in [0.15, 0.2) is 5.65 Å². The van der Waals surface area contributed by atoms with Gasteiger partial charge in [0.25, 0.3) is 5.91 Å². The summed E-state index contributed by atoms with van der Waals surface area (Å²) in [7, 11) is 0. The molecule has 210 valence electrons. The molecule has 6 rings (SSSR count). The lowest BCUT2D eigenvalue weighted by molar-refractivity contribution is -0.114. The maximum Gasteiger partial charge on any atom is 0.410 e. The van der Waals surface area contributed by atoms with E-state index in [9.17, 15) is 9.59 Å². The van der Waals surface area contributed by atoms with Crippen molar-refractivity contribution >= 4 is 34.9 Å². The largest absolute Gasteiger partial charge is 0.450 e. The van der Waals surface area contributed by atoms with Crippen molar-refractivity contribution < 1.29 is 19.1 Å². The summed E-state index contributed by atoms with van der Waals surface area (Å²) in [5.74, 6) is 0.502. The van der Waals surface area contributed by atoms with Crippen LogP contribution in [0.25, 0.3) is 11.2 Å². The molecule has 2 N–H and O–H groups in total. The maximum atomic E-state index is 13.3. The Morgan fingerprint density at radius 1 is 1.15 bits per heavy atom. The van der Waals surface area contributed by atoms with E-state index in [0.29, 0.717) is 50.9 Å². The smallest absolute Gasteiger partial charge is 0.410 e. The number of aromatic nitrogens is 3. The first kappa shape index (κ1) is 26.3. The molecule has 1 atom stereocenters. The van der Waals surface area contributed by atoms with Gasteiger partial charge in [0.1, 0.15) is 0 Å². The molecule has 2 saturated heterocycles. The van der Waals surface area contributed by atoms with E-state index in [1.807, 2.05) is 54.4 Å². The first-order valence-electron chi connectivity index (χ1n) is 14.0. The second-order valence-electron chi connectivity index (χ2n) is 10.5. The minimum atomic E-state index is -0.284. The van der Waals surface area contributed by atoms with Crippen molar-refractivity contribution in [3.63, 3.8) is 0 Å². The Hall–Kier alpha value is -3.96. The first-order valence-corrected chi connectivity index (χ1v) is 14.0. The molecule has 1 spiro atoms. The number of piperidine rings is 1. The van der Waals surface area contributed by atoms with Crippen LogP contribution in [0.1, 0.15) is 48.5 Å². The number of ether oxygens (including phenoxy) is 2. The zero-order chi connectivity index (χ0) is 27.5. The van der Waals surface area contributed by atoms with E-state index >= 15 is 0 Å². The van der Waals surface area contributed by atoms with Crippen molar-refractivity contribution in [3.05, 3.63) is 59.8 Å². The third-order valence-electron chi connectivity index (χ3n) is 7.90. The fourth-order valence-corrected chi connectivity index (χ4v) is 5.77. The van der Waals surface area contributed by atoms with Crippen LogP contribution < -0.4 is 10.6 Å². The SMILES string of the molecule is CCOC(=O)N1CC=C(c2cccn3nc(Nc4ccc(C(=O)N5CCCC6(CCNCO6)C5)cc4)nc23)CC1. The van der Waals surface area contributed by atoms with Gasteiger partial charge in [0.2, 0.25) is 5.95 Å². The molecular weight excluding hydrogens is 510 g/mol. The first-order chi connectivity index (χ1) is 19.5. The van der Waals surface area contributed by atoms with Gasteiger partial charge in [-0.1, -0.05) is 6.08 Å². The average molecular weight is 546 g/mol. The number of fused-ring (bicyclic) bond motifs is 1. The monoisotopic (exact) mass is 545 g/mol. The zero-order valence-electron chi connectivity index (χ0n) is 22.8. The number of amides is 2. The van der Waals surface area contributed by atoms with Crippen LogP contribution >= 0.6 is 0 Å². The van der Waals surface area contributed by atoms with Crippen molar-refractivity contribution in [2.75, 3.05) is 51.4 Å². The molecule has 3 aliphatic heterocycles. The van der Waals surface area contributed by atoms with Crippen LogP contribution in [0.5, 0.6) is 0 Å². The quantitative estimate of drug-likeness (QED) is 0.500. The number of hydrogen-bond donors (Lipinski definition) is 2. The van der Waals surface area contributed by atoms with E-state index in [4.69, 9.17) is 14.5 Å². The van der Waals surface area contributed by atoms with Gasteiger partial charge in [-0.3, -0.25) is 10.1 Å². The molecule has 0 radical (unpaired) electrons. The second-order valence-corrected chi connectivity index (χ2v) is 10.5. The van der Waals surface area contributed by atoms with Crippen LogP contribution in [-0.2, 0) is 9.47 Å². The van der Waals surface area contributed by atoms with E-state index in [0.717, 1.165) is 54.8 Å². The molecule has 3 aromatic rings. The standard InChI is InChI=1S/C29H35N7O4/c1-2-39-28(38)34-17-10-21(11-18-34)24-5-3-16-36-25(24)32-27(33-36)31-23-8-6-22(7-9-23)26(37)35-15-4-12-29(19-35)13-14-30-20-40-29/h3,5-10,16,30H,2,4,11-15,17-20H2,1H3,(H,31,33). The van der Waals surface area contributed by atoms with Crippen molar-refractivity contribution in [2.24, 2.45) is 0 Å². The molecule has 1 aromatic carbocycles. The number of anilines is 2. The number of rotatable bonds is 5. The molecule has 2 amide bonds. The molecule has 5 heterocycles. The zero-order valence-corrected chi connectivity index (χ0v) is 22.8. The molecular formula is C29H35N7O4. The van der Waals surface area contributed by atoms with E-state index in [1.54, 1.807) is 9.42 Å². The summed E-state index contributed by atoms with van der Waals surface area (Å²) in [6.07, 6.45) is 7.22. The molecule has 3 aliphatic rings. The highest BCUT2D eigenvalue weighted by Gasteiger charge is 2.39. The summed E-state index contributed by atoms with van der Waals surface area (Å²) in [4.78, 5) is 33.7. The Labute approximate surface area is 233 Å². The number of benzene rings is 1. The predicted octanol–water partition coefficient (Wildman–Crippen LogP) is 3.66. The van der Waals surface area contributed by atoms with Gasteiger partial charge >= 0.3 is 6.09 Å². The Morgan fingerprint density at radius 2 is 2.02 bits per heavy atom. The average Bonchev–Trinajstić information content (AvgIpc) is 3.40. The Morgan fingerprint density at radius 3 is 2.77 bits per heavy atom. The molecule has 0 bridgehead atoms. The number of nitrogens with zero attached hydrogens (tertiary/aromatic N) is 5. The van der Waals surface area contributed by atoms with Crippen molar-refractivity contribution in [3.8, 4) is 0 Å². The number of hydrogen-bond acceptors (Lipinski definition) is 8. The molecule has 0 aliphatic carbocycles. The van der Waals surface area contributed by atoms with Crippen LogP contribution in [0.4, 0.5) is 16.4 Å².